The largest absolute Gasteiger partial charge is 0.469 e. The van der Waals surface area contributed by atoms with Crippen molar-refractivity contribution in [3.05, 3.63) is 41.9 Å². The molecule has 1 aliphatic rings. The highest BCUT2D eigenvalue weighted by atomic mass is 32.2. The van der Waals surface area contributed by atoms with Crippen LogP contribution >= 0.6 is 11.8 Å². The van der Waals surface area contributed by atoms with Crippen molar-refractivity contribution in [2.24, 2.45) is 5.92 Å². The highest BCUT2D eigenvalue weighted by Gasteiger charge is 2.41. The van der Waals surface area contributed by atoms with Gasteiger partial charge in [-0.3, -0.25) is 4.79 Å². The first-order valence-electron chi connectivity index (χ1n) is 6.93. The standard InChI is InChI=1S/C16H18O6S/c1-19-14(17)11-9-12(23-10-7-5-4-6-8-10)22-16(21-3)13(11)15(18)20-2/h4-8,11-12H,9H2,1-3H3. The van der Waals surface area contributed by atoms with Crippen LogP contribution in [-0.4, -0.2) is 38.7 Å². The van der Waals surface area contributed by atoms with E-state index in [4.69, 9.17) is 18.9 Å². The van der Waals surface area contributed by atoms with Crippen LogP contribution in [0.1, 0.15) is 6.42 Å². The number of hydrogen-bond donors (Lipinski definition) is 0. The Kier molecular flexibility index (Phi) is 5.92. The van der Waals surface area contributed by atoms with Crippen molar-refractivity contribution in [2.75, 3.05) is 21.3 Å². The zero-order valence-corrected chi connectivity index (χ0v) is 13.9. The van der Waals surface area contributed by atoms with Crippen molar-refractivity contribution in [2.45, 2.75) is 16.8 Å². The van der Waals surface area contributed by atoms with Gasteiger partial charge >= 0.3 is 11.9 Å². The molecule has 1 heterocycles. The smallest absolute Gasteiger partial charge is 0.341 e. The number of carbonyl (C=O) groups excluding carboxylic acids is 2. The lowest BCUT2D eigenvalue weighted by Crippen LogP contribution is -2.34. The lowest BCUT2D eigenvalue weighted by atomic mass is 9.94. The number of methoxy groups -OCH3 is 3. The third-order valence-electron chi connectivity index (χ3n) is 3.32. The van der Waals surface area contributed by atoms with Crippen LogP contribution in [0.25, 0.3) is 0 Å². The second-order valence-corrected chi connectivity index (χ2v) is 5.92. The highest BCUT2D eigenvalue weighted by Crippen LogP contribution is 2.38. The predicted molar refractivity (Wildman–Crippen MR) is 83.3 cm³/mol. The third kappa shape index (κ3) is 3.98. The molecule has 124 valence electrons. The van der Waals surface area contributed by atoms with E-state index in [1.807, 2.05) is 30.3 Å². The van der Waals surface area contributed by atoms with Crippen LogP contribution in [-0.2, 0) is 28.5 Å². The molecule has 6 nitrogen and oxygen atoms in total. The fraction of sp³-hybridized carbons (Fsp3) is 0.375. The van der Waals surface area contributed by atoms with Crippen LogP contribution in [0.5, 0.6) is 0 Å². The Morgan fingerprint density at radius 2 is 1.83 bits per heavy atom. The number of esters is 2. The Balaban J connectivity index is 2.30. The average molecular weight is 338 g/mol. The van der Waals surface area contributed by atoms with E-state index in [1.165, 1.54) is 33.1 Å². The average Bonchev–Trinajstić information content (AvgIpc) is 2.60. The maximum atomic E-state index is 12.1. The van der Waals surface area contributed by atoms with E-state index < -0.39 is 17.9 Å². The molecule has 0 aromatic heterocycles. The molecule has 23 heavy (non-hydrogen) atoms. The third-order valence-corrected chi connectivity index (χ3v) is 4.42. The van der Waals surface area contributed by atoms with Crippen LogP contribution in [0, 0.1) is 5.92 Å². The minimum absolute atomic E-state index is 0.00747. The molecular weight excluding hydrogens is 320 g/mol. The summed E-state index contributed by atoms with van der Waals surface area (Å²) in [6.45, 7) is 0. The number of thioether (sulfide) groups is 1. The van der Waals surface area contributed by atoms with Crippen molar-refractivity contribution < 1.29 is 28.5 Å². The molecule has 0 radical (unpaired) electrons. The van der Waals surface area contributed by atoms with Gasteiger partial charge in [-0.1, -0.05) is 30.0 Å². The SMILES string of the molecule is COC(=O)C1=C(OC)OC(Sc2ccccc2)CC1C(=O)OC. The van der Waals surface area contributed by atoms with Crippen molar-refractivity contribution in [3.63, 3.8) is 0 Å². The van der Waals surface area contributed by atoms with Gasteiger partial charge in [-0.05, 0) is 12.1 Å². The van der Waals surface area contributed by atoms with Crippen LogP contribution in [0.2, 0.25) is 0 Å². The van der Waals surface area contributed by atoms with Crippen LogP contribution in [0.3, 0.4) is 0 Å². The molecule has 0 saturated heterocycles. The topological polar surface area (TPSA) is 71.1 Å². The zero-order chi connectivity index (χ0) is 16.8. The molecular formula is C16H18O6S. The second-order valence-electron chi connectivity index (χ2n) is 4.69. The van der Waals surface area contributed by atoms with Crippen LogP contribution in [0.15, 0.2) is 46.7 Å². The summed E-state index contributed by atoms with van der Waals surface area (Å²) in [5.74, 6) is -1.99. The molecule has 0 fully saturated rings. The minimum Gasteiger partial charge on any atom is -0.469 e. The second kappa shape index (κ2) is 7.92. The van der Waals surface area contributed by atoms with Gasteiger partial charge in [0, 0.05) is 11.3 Å². The van der Waals surface area contributed by atoms with E-state index in [0.717, 1.165) is 4.90 Å². The van der Waals surface area contributed by atoms with Gasteiger partial charge in [0.1, 0.15) is 11.5 Å². The number of hydrogen-bond acceptors (Lipinski definition) is 7. The van der Waals surface area contributed by atoms with Gasteiger partial charge in [0.2, 0.25) is 0 Å². The fourth-order valence-electron chi connectivity index (χ4n) is 2.26. The maximum Gasteiger partial charge on any atom is 0.341 e. The van der Waals surface area contributed by atoms with E-state index in [0.29, 0.717) is 0 Å². The van der Waals surface area contributed by atoms with Crippen molar-refractivity contribution >= 4 is 23.7 Å². The molecule has 7 heteroatoms. The molecule has 1 aliphatic heterocycles. The Bertz CT molecular complexity index is 598. The molecule has 0 amide bonds. The summed E-state index contributed by atoms with van der Waals surface area (Å²) in [6, 6.07) is 9.62. The van der Waals surface area contributed by atoms with E-state index in [9.17, 15) is 9.59 Å². The molecule has 0 saturated carbocycles. The maximum absolute atomic E-state index is 12.1. The Morgan fingerprint density at radius 3 is 2.39 bits per heavy atom. The van der Waals surface area contributed by atoms with Gasteiger partial charge in [-0.2, -0.15) is 0 Å². The monoisotopic (exact) mass is 338 g/mol. The van der Waals surface area contributed by atoms with E-state index in [1.54, 1.807) is 0 Å². The van der Waals surface area contributed by atoms with Gasteiger partial charge in [-0.25, -0.2) is 4.79 Å². The van der Waals surface area contributed by atoms with Gasteiger partial charge in [0.05, 0.1) is 21.3 Å². The first kappa shape index (κ1) is 17.2. The van der Waals surface area contributed by atoms with E-state index in [-0.39, 0.29) is 23.4 Å². The highest BCUT2D eigenvalue weighted by molar-refractivity contribution is 7.99. The van der Waals surface area contributed by atoms with Crippen LogP contribution in [0.4, 0.5) is 0 Å². The summed E-state index contributed by atoms with van der Waals surface area (Å²) in [5, 5.41) is 0. The Labute approximate surface area is 138 Å². The van der Waals surface area contributed by atoms with Gasteiger partial charge in [-0.15, -0.1) is 0 Å². The molecule has 0 spiro atoms. The molecule has 2 atom stereocenters. The molecule has 0 N–H and O–H groups in total. The predicted octanol–water partition coefficient (Wildman–Crippen LogP) is 2.35. The molecule has 0 bridgehead atoms. The summed E-state index contributed by atoms with van der Waals surface area (Å²) in [5.41, 5.74) is -0.336. The van der Waals surface area contributed by atoms with Gasteiger partial charge < -0.3 is 18.9 Å². The Hall–Kier alpha value is -2.15. The number of rotatable bonds is 5. The number of carbonyl (C=O) groups is 2. The molecule has 1 aromatic carbocycles. The quantitative estimate of drug-likeness (QED) is 0.763. The lowest BCUT2D eigenvalue weighted by Gasteiger charge is -2.30. The van der Waals surface area contributed by atoms with Gasteiger partial charge in [0.15, 0.2) is 5.44 Å². The lowest BCUT2D eigenvalue weighted by molar-refractivity contribution is -0.150. The number of benzene rings is 1. The summed E-state index contributed by atoms with van der Waals surface area (Å²) >= 11 is 1.44. The fourth-order valence-corrected chi connectivity index (χ4v) is 3.30. The van der Waals surface area contributed by atoms with Crippen molar-refractivity contribution in [3.8, 4) is 0 Å². The van der Waals surface area contributed by atoms with Crippen LogP contribution < -0.4 is 0 Å². The van der Waals surface area contributed by atoms with Gasteiger partial charge in [0.25, 0.3) is 5.95 Å². The number of ether oxygens (including phenoxy) is 4. The molecule has 2 unspecified atom stereocenters. The minimum atomic E-state index is -0.794. The summed E-state index contributed by atoms with van der Waals surface area (Å²) in [7, 11) is 3.89. The molecule has 0 aliphatic carbocycles. The summed E-state index contributed by atoms with van der Waals surface area (Å²) in [6.07, 6.45) is 0.281. The summed E-state index contributed by atoms with van der Waals surface area (Å²) < 4.78 is 20.4. The normalized spacial score (nSPS) is 20.5. The summed E-state index contributed by atoms with van der Waals surface area (Å²) in [4.78, 5) is 25.0. The van der Waals surface area contributed by atoms with Crippen molar-refractivity contribution in [1.82, 2.24) is 0 Å². The zero-order valence-electron chi connectivity index (χ0n) is 13.1. The molecule has 2 rings (SSSR count). The first-order valence-corrected chi connectivity index (χ1v) is 7.81. The first-order chi connectivity index (χ1) is 11.1. The van der Waals surface area contributed by atoms with E-state index in [2.05, 4.69) is 0 Å². The van der Waals surface area contributed by atoms with Crippen molar-refractivity contribution in [1.29, 1.82) is 0 Å². The Morgan fingerprint density at radius 1 is 1.13 bits per heavy atom. The molecule has 1 aromatic rings. The van der Waals surface area contributed by atoms with E-state index >= 15 is 0 Å².